The van der Waals surface area contributed by atoms with Crippen molar-refractivity contribution >= 4 is 17.0 Å². The number of carboxylic acid groups (broad SMARTS) is 1. The molecule has 3 rings (SSSR count). The Morgan fingerprint density at radius 1 is 1.42 bits per heavy atom. The molecule has 0 spiro atoms. The molecule has 3 aromatic rings. The van der Waals surface area contributed by atoms with E-state index < -0.39 is 5.97 Å². The highest BCUT2D eigenvalue weighted by atomic mass is 16.4. The standard InChI is InChI=1S/C12H11N5O2/c1-16-5-4-13-11(16)7-17-10-3-2-8(12(18)19)6-9(10)14-15-17/h2-6H,7H2,1H3,(H,18,19). The number of fused-ring (bicyclic) bond motifs is 1. The quantitative estimate of drug-likeness (QED) is 0.753. The van der Waals surface area contributed by atoms with Gasteiger partial charge in [-0.15, -0.1) is 5.10 Å². The van der Waals surface area contributed by atoms with E-state index in [-0.39, 0.29) is 5.56 Å². The average molecular weight is 257 g/mol. The van der Waals surface area contributed by atoms with Crippen LogP contribution in [0.2, 0.25) is 0 Å². The van der Waals surface area contributed by atoms with Crippen LogP contribution in [0.25, 0.3) is 11.0 Å². The third-order valence-corrected chi connectivity index (χ3v) is 2.97. The van der Waals surface area contributed by atoms with Crippen LogP contribution in [0.15, 0.2) is 30.6 Å². The minimum Gasteiger partial charge on any atom is -0.478 e. The lowest BCUT2D eigenvalue weighted by molar-refractivity contribution is 0.0697. The first-order chi connectivity index (χ1) is 9.15. The molecule has 0 radical (unpaired) electrons. The molecule has 1 aromatic carbocycles. The second-order valence-electron chi connectivity index (χ2n) is 4.21. The van der Waals surface area contributed by atoms with Crippen LogP contribution in [0.4, 0.5) is 0 Å². The summed E-state index contributed by atoms with van der Waals surface area (Å²) >= 11 is 0. The van der Waals surface area contributed by atoms with Gasteiger partial charge in [0.05, 0.1) is 11.1 Å². The van der Waals surface area contributed by atoms with Crippen molar-refractivity contribution in [3.05, 3.63) is 42.0 Å². The maximum Gasteiger partial charge on any atom is 0.335 e. The molecule has 0 saturated carbocycles. The Morgan fingerprint density at radius 2 is 2.26 bits per heavy atom. The Bertz CT molecular complexity index is 758. The number of hydrogen-bond acceptors (Lipinski definition) is 4. The normalized spacial score (nSPS) is 11.0. The van der Waals surface area contributed by atoms with Crippen molar-refractivity contribution in [2.45, 2.75) is 6.54 Å². The third-order valence-electron chi connectivity index (χ3n) is 2.97. The summed E-state index contributed by atoms with van der Waals surface area (Å²) in [5.41, 5.74) is 1.55. The van der Waals surface area contributed by atoms with Crippen LogP contribution >= 0.6 is 0 Å². The number of carbonyl (C=O) groups is 1. The Morgan fingerprint density at radius 3 is 2.95 bits per heavy atom. The fourth-order valence-corrected chi connectivity index (χ4v) is 1.90. The van der Waals surface area contributed by atoms with Gasteiger partial charge in [-0.2, -0.15) is 0 Å². The van der Waals surface area contributed by atoms with Crippen molar-refractivity contribution in [2.24, 2.45) is 7.05 Å². The summed E-state index contributed by atoms with van der Waals surface area (Å²) in [6.45, 7) is 0.492. The molecule has 0 aliphatic heterocycles. The van der Waals surface area contributed by atoms with Gasteiger partial charge in [-0.25, -0.2) is 14.5 Å². The second-order valence-corrected chi connectivity index (χ2v) is 4.21. The predicted octanol–water partition coefficient (Wildman–Crippen LogP) is 0.911. The lowest BCUT2D eigenvalue weighted by Gasteiger charge is -2.02. The van der Waals surface area contributed by atoms with Gasteiger partial charge in [0.2, 0.25) is 0 Å². The molecule has 2 aromatic heterocycles. The monoisotopic (exact) mass is 257 g/mol. The van der Waals surface area contributed by atoms with E-state index in [1.54, 1.807) is 23.0 Å². The summed E-state index contributed by atoms with van der Waals surface area (Å²) in [4.78, 5) is 15.1. The zero-order chi connectivity index (χ0) is 13.4. The van der Waals surface area contributed by atoms with Gasteiger partial charge < -0.3 is 9.67 Å². The smallest absolute Gasteiger partial charge is 0.335 e. The molecule has 0 atom stereocenters. The van der Waals surface area contributed by atoms with Crippen LogP contribution in [0.5, 0.6) is 0 Å². The average Bonchev–Trinajstić information content (AvgIpc) is 2.97. The van der Waals surface area contributed by atoms with Crippen molar-refractivity contribution in [1.82, 2.24) is 24.5 Å². The predicted molar refractivity (Wildman–Crippen MR) is 66.8 cm³/mol. The van der Waals surface area contributed by atoms with Crippen LogP contribution < -0.4 is 0 Å². The lowest BCUT2D eigenvalue weighted by Crippen LogP contribution is -2.07. The first kappa shape index (κ1) is 11.4. The first-order valence-corrected chi connectivity index (χ1v) is 5.68. The van der Waals surface area contributed by atoms with Crippen molar-refractivity contribution in [3.8, 4) is 0 Å². The van der Waals surface area contributed by atoms with Gasteiger partial charge >= 0.3 is 5.97 Å². The summed E-state index contributed by atoms with van der Waals surface area (Å²) in [6.07, 6.45) is 3.58. The van der Waals surface area contributed by atoms with Crippen molar-refractivity contribution in [3.63, 3.8) is 0 Å². The zero-order valence-electron chi connectivity index (χ0n) is 10.2. The minimum atomic E-state index is -0.972. The summed E-state index contributed by atoms with van der Waals surface area (Å²) in [7, 11) is 1.91. The van der Waals surface area contributed by atoms with E-state index in [0.29, 0.717) is 12.1 Å². The third kappa shape index (κ3) is 1.95. The summed E-state index contributed by atoms with van der Waals surface area (Å²) in [5.74, 6) is -0.116. The molecule has 19 heavy (non-hydrogen) atoms. The number of carboxylic acids is 1. The molecule has 0 aliphatic carbocycles. The van der Waals surface area contributed by atoms with Crippen molar-refractivity contribution in [2.75, 3.05) is 0 Å². The van der Waals surface area contributed by atoms with E-state index >= 15 is 0 Å². The molecule has 0 bridgehead atoms. The molecular formula is C12H11N5O2. The highest BCUT2D eigenvalue weighted by Crippen LogP contribution is 2.14. The van der Waals surface area contributed by atoms with Crippen LogP contribution in [0.1, 0.15) is 16.2 Å². The van der Waals surface area contributed by atoms with Gasteiger partial charge in [-0.1, -0.05) is 5.21 Å². The number of aryl methyl sites for hydroxylation is 1. The number of rotatable bonds is 3. The Kier molecular flexibility index (Phi) is 2.52. The van der Waals surface area contributed by atoms with E-state index in [2.05, 4.69) is 15.3 Å². The largest absolute Gasteiger partial charge is 0.478 e. The van der Waals surface area contributed by atoms with E-state index in [1.165, 1.54) is 6.07 Å². The topological polar surface area (TPSA) is 85.8 Å². The van der Waals surface area contributed by atoms with E-state index in [0.717, 1.165) is 11.3 Å². The fraction of sp³-hybridized carbons (Fsp3) is 0.167. The van der Waals surface area contributed by atoms with Gasteiger partial charge in [0, 0.05) is 19.4 Å². The van der Waals surface area contributed by atoms with Crippen LogP contribution in [0.3, 0.4) is 0 Å². The Balaban J connectivity index is 2.02. The number of aromatic carboxylic acids is 1. The van der Waals surface area contributed by atoms with Gasteiger partial charge in [0.1, 0.15) is 17.9 Å². The number of benzene rings is 1. The zero-order valence-corrected chi connectivity index (χ0v) is 10.2. The number of nitrogens with zero attached hydrogens (tertiary/aromatic N) is 5. The highest BCUT2D eigenvalue weighted by molar-refractivity contribution is 5.92. The summed E-state index contributed by atoms with van der Waals surface area (Å²) in [6, 6.07) is 4.77. The van der Waals surface area contributed by atoms with E-state index in [9.17, 15) is 4.79 Å². The molecule has 1 N–H and O–H groups in total. The maximum atomic E-state index is 10.9. The molecule has 7 heteroatoms. The summed E-state index contributed by atoms with van der Waals surface area (Å²) < 4.78 is 3.60. The van der Waals surface area contributed by atoms with Gasteiger partial charge in [-0.3, -0.25) is 0 Å². The van der Waals surface area contributed by atoms with Gasteiger partial charge in [0.25, 0.3) is 0 Å². The lowest BCUT2D eigenvalue weighted by atomic mass is 10.2. The molecule has 7 nitrogen and oxygen atoms in total. The Labute approximate surface area is 108 Å². The van der Waals surface area contributed by atoms with Gasteiger partial charge in [0.15, 0.2) is 0 Å². The number of hydrogen-bond donors (Lipinski definition) is 1. The van der Waals surface area contributed by atoms with Crippen molar-refractivity contribution < 1.29 is 9.90 Å². The SMILES string of the molecule is Cn1ccnc1Cn1nnc2cc(C(=O)O)ccc21. The molecule has 0 unspecified atom stereocenters. The minimum absolute atomic E-state index is 0.205. The molecule has 0 aliphatic rings. The molecule has 0 saturated heterocycles. The molecular weight excluding hydrogens is 246 g/mol. The fourth-order valence-electron chi connectivity index (χ4n) is 1.90. The maximum absolute atomic E-state index is 10.9. The second kappa shape index (κ2) is 4.20. The first-order valence-electron chi connectivity index (χ1n) is 5.68. The van der Waals surface area contributed by atoms with E-state index in [4.69, 9.17) is 5.11 Å². The molecule has 96 valence electrons. The van der Waals surface area contributed by atoms with Crippen LogP contribution in [-0.4, -0.2) is 35.6 Å². The van der Waals surface area contributed by atoms with Gasteiger partial charge in [-0.05, 0) is 18.2 Å². The summed E-state index contributed by atoms with van der Waals surface area (Å²) in [5, 5.41) is 16.9. The number of aromatic nitrogens is 5. The Hall–Kier alpha value is -2.70. The highest BCUT2D eigenvalue weighted by Gasteiger charge is 2.10. The van der Waals surface area contributed by atoms with E-state index in [1.807, 2.05) is 17.8 Å². The van der Waals surface area contributed by atoms with Crippen LogP contribution in [-0.2, 0) is 13.6 Å². The molecule has 0 fully saturated rings. The van der Waals surface area contributed by atoms with Crippen LogP contribution in [0, 0.1) is 0 Å². The molecule has 2 heterocycles. The van der Waals surface area contributed by atoms with Crippen molar-refractivity contribution in [1.29, 1.82) is 0 Å². The molecule has 0 amide bonds. The number of imidazole rings is 1.